The van der Waals surface area contributed by atoms with E-state index >= 15 is 0 Å². The van der Waals surface area contributed by atoms with Crippen molar-refractivity contribution in [1.29, 1.82) is 0 Å². The Morgan fingerprint density at radius 3 is 2.68 bits per heavy atom. The number of rotatable bonds is 6. The Bertz CT molecular complexity index is 1110. The first kappa shape index (κ1) is 18.8. The molecule has 0 aliphatic heterocycles. The minimum Gasteiger partial charge on any atom is -0.494 e. The number of nitrogens with zero attached hydrogens (tertiary/aromatic N) is 3. The van der Waals surface area contributed by atoms with Crippen LogP contribution in [0.3, 0.4) is 0 Å². The predicted molar refractivity (Wildman–Crippen MR) is 116 cm³/mol. The molecule has 0 saturated heterocycles. The topological polar surface area (TPSA) is 51.5 Å². The van der Waals surface area contributed by atoms with Gasteiger partial charge in [-0.15, -0.1) is 0 Å². The van der Waals surface area contributed by atoms with Crippen LogP contribution in [0.2, 0.25) is 5.02 Å². The van der Waals surface area contributed by atoms with Gasteiger partial charge < -0.3 is 10.1 Å². The molecule has 2 aromatic heterocycles. The molecule has 1 N–H and O–H groups in total. The third-order valence-electron chi connectivity index (χ3n) is 4.29. The molecule has 0 aliphatic carbocycles. The van der Waals surface area contributed by atoms with Crippen molar-refractivity contribution < 1.29 is 4.74 Å². The van der Waals surface area contributed by atoms with E-state index in [0.717, 1.165) is 38.5 Å². The van der Waals surface area contributed by atoms with Crippen LogP contribution in [0.1, 0.15) is 12.5 Å². The molecule has 4 aromatic rings. The van der Waals surface area contributed by atoms with Crippen molar-refractivity contribution in [3.63, 3.8) is 0 Å². The largest absolute Gasteiger partial charge is 0.494 e. The fourth-order valence-electron chi connectivity index (χ4n) is 2.93. The maximum atomic E-state index is 6.38. The Balaban J connectivity index is 1.67. The fraction of sp³-hybridized carbons (Fsp3) is 0.143. The van der Waals surface area contributed by atoms with Crippen LogP contribution in [0.25, 0.3) is 16.9 Å². The molecule has 0 aliphatic rings. The lowest BCUT2D eigenvalue weighted by molar-refractivity contribution is 0.340. The van der Waals surface area contributed by atoms with Crippen LogP contribution in [-0.2, 0) is 6.54 Å². The lowest BCUT2D eigenvalue weighted by atomic mass is 10.1. The molecule has 0 amide bonds. The molecule has 0 unspecified atom stereocenters. The first-order chi connectivity index (χ1) is 13.7. The second kappa shape index (κ2) is 8.20. The number of aromatic nitrogens is 3. The third kappa shape index (κ3) is 3.84. The van der Waals surface area contributed by atoms with Gasteiger partial charge in [0.1, 0.15) is 11.6 Å². The van der Waals surface area contributed by atoms with E-state index in [9.17, 15) is 0 Å². The van der Waals surface area contributed by atoms with Crippen LogP contribution >= 0.6 is 27.5 Å². The molecular formula is C21H18BrClN4O. The Morgan fingerprint density at radius 2 is 1.93 bits per heavy atom. The van der Waals surface area contributed by atoms with E-state index < -0.39 is 0 Å². The van der Waals surface area contributed by atoms with Crippen LogP contribution in [0.15, 0.2) is 65.3 Å². The van der Waals surface area contributed by atoms with E-state index in [2.05, 4.69) is 26.3 Å². The van der Waals surface area contributed by atoms with Crippen molar-refractivity contribution in [2.75, 3.05) is 11.9 Å². The summed E-state index contributed by atoms with van der Waals surface area (Å²) in [5.41, 5.74) is 3.53. The highest BCUT2D eigenvalue weighted by atomic mass is 79.9. The highest BCUT2D eigenvalue weighted by Crippen LogP contribution is 2.30. The molecule has 4 rings (SSSR count). The summed E-state index contributed by atoms with van der Waals surface area (Å²) >= 11 is 9.91. The second-order valence-electron chi connectivity index (χ2n) is 6.16. The zero-order valence-corrected chi connectivity index (χ0v) is 17.5. The number of hydrogen-bond acceptors (Lipinski definition) is 4. The van der Waals surface area contributed by atoms with Gasteiger partial charge in [-0.1, -0.05) is 41.9 Å². The summed E-state index contributed by atoms with van der Waals surface area (Å²) in [6, 6.07) is 17.7. The fourth-order valence-corrected chi connectivity index (χ4v) is 3.51. The van der Waals surface area contributed by atoms with Crippen molar-refractivity contribution in [1.82, 2.24) is 14.6 Å². The lowest BCUT2D eigenvalue weighted by Gasteiger charge is -2.12. The molecule has 0 atom stereocenters. The van der Waals surface area contributed by atoms with Crippen molar-refractivity contribution >= 4 is 39.0 Å². The van der Waals surface area contributed by atoms with Crippen LogP contribution in [0, 0.1) is 0 Å². The number of ether oxygens (including phenoxy) is 1. The quantitative estimate of drug-likeness (QED) is 0.396. The molecule has 28 heavy (non-hydrogen) atoms. The Morgan fingerprint density at radius 1 is 1.14 bits per heavy atom. The summed E-state index contributed by atoms with van der Waals surface area (Å²) in [5.74, 6) is 1.70. The van der Waals surface area contributed by atoms with Gasteiger partial charge in [0, 0.05) is 23.2 Å². The van der Waals surface area contributed by atoms with Crippen LogP contribution in [0.4, 0.5) is 5.82 Å². The normalized spacial score (nSPS) is 11.0. The second-order valence-corrected chi connectivity index (χ2v) is 7.43. The summed E-state index contributed by atoms with van der Waals surface area (Å²) in [5, 5.41) is 8.53. The van der Waals surface area contributed by atoms with E-state index in [0.29, 0.717) is 18.2 Å². The molecule has 0 fully saturated rings. The average molecular weight is 458 g/mol. The summed E-state index contributed by atoms with van der Waals surface area (Å²) in [7, 11) is 0. The Labute approximate surface area is 176 Å². The molecule has 0 radical (unpaired) electrons. The smallest absolute Gasteiger partial charge is 0.172 e. The zero-order chi connectivity index (χ0) is 19.5. The summed E-state index contributed by atoms with van der Waals surface area (Å²) < 4.78 is 8.10. The average Bonchev–Trinajstić information content (AvgIpc) is 3.09. The van der Waals surface area contributed by atoms with Crippen molar-refractivity contribution in [2.24, 2.45) is 0 Å². The molecule has 142 valence electrons. The maximum absolute atomic E-state index is 6.38. The molecule has 5 nitrogen and oxygen atoms in total. The van der Waals surface area contributed by atoms with Gasteiger partial charge in [-0.2, -0.15) is 9.61 Å². The Hall–Kier alpha value is -2.57. The van der Waals surface area contributed by atoms with Crippen LogP contribution in [-0.4, -0.2) is 21.2 Å². The Kier molecular flexibility index (Phi) is 5.50. The predicted octanol–water partition coefficient (Wildman–Crippen LogP) is 5.82. The highest BCUT2D eigenvalue weighted by molar-refractivity contribution is 9.10. The van der Waals surface area contributed by atoms with Gasteiger partial charge in [-0.05, 0) is 46.6 Å². The van der Waals surface area contributed by atoms with Crippen molar-refractivity contribution in [3.05, 3.63) is 75.9 Å². The summed E-state index contributed by atoms with van der Waals surface area (Å²) in [4.78, 5) is 4.73. The number of hydrogen-bond donors (Lipinski definition) is 1. The summed E-state index contributed by atoms with van der Waals surface area (Å²) in [6.07, 6.45) is 1.74. The lowest BCUT2D eigenvalue weighted by Crippen LogP contribution is -2.07. The number of nitrogens with one attached hydrogen (secondary N) is 1. The van der Waals surface area contributed by atoms with Gasteiger partial charge in [0.15, 0.2) is 5.65 Å². The van der Waals surface area contributed by atoms with Crippen molar-refractivity contribution in [2.45, 2.75) is 13.5 Å². The first-order valence-corrected chi connectivity index (χ1v) is 10.1. The highest BCUT2D eigenvalue weighted by Gasteiger charge is 2.13. The molecular weight excluding hydrogens is 440 g/mol. The molecule has 2 heterocycles. The minimum absolute atomic E-state index is 0.644. The standard InChI is InChI=1S/C21H18BrClN4O/c1-2-28-15-9-7-14(8-10-15)12-24-20-11-19(16-5-3-4-6-18(16)23)26-21-17(22)13-25-27(20)21/h3-11,13,24H,2,12H2,1H3. The van der Waals surface area contributed by atoms with E-state index in [1.165, 1.54) is 0 Å². The molecule has 7 heteroatoms. The van der Waals surface area contributed by atoms with Gasteiger partial charge in [-0.25, -0.2) is 4.98 Å². The molecule has 2 aromatic carbocycles. The minimum atomic E-state index is 0.644. The van der Waals surface area contributed by atoms with Crippen LogP contribution in [0.5, 0.6) is 5.75 Å². The van der Waals surface area contributed by atoms with E-state index in [-0.39, 0.29) is 0 Å². The van der Waals surface area contributed by atoms with E-state index in [1.54, 1.807) is 10.7 Å². The maximum Gasteiger partial charge on any atom is 0.172 e. The van der Waals surface area contributed by atoms with Gasteiger partial charge in [0.05, 0.1) is 23.0 Å². The van der Waals surface area contributed by atoms with Gasteiger partial charge in [0.25, 0.3) is 0 Å². The van der Waals surface area contributed by atoms with E-state index in [1.807, 2.05) is 61.5 Å². The SMILES string of the molecule is CCOc1ccc(CNc2cc(-c3ccccc3Cl)nc3c(Br)cnn23)cc1. The number of fused-ring (bicyclic) bond motifs is 1. The van der Waals surface area contributed by atoms with Crippen molar-refractivity contribution in [3.8, 4) is 17.0 Å². The first-order valence-electron chi connectivity index (χ1n) is 8.90. The number of benzene rings is 2. The number of anilines is 1. The van der Waals surface area contributed by atoms with Crippen LogP contribution < -0.4 is 10.1 Å². The van der Waals surface area contributed by atoms with Gasteiger partial charge in [-0.3, -0.25) is 0 Å². The molecule has 0 bridgehead atoms. The number of halogens is 2. The van der Waals surface area contributed by atoms with E-state index in [4.69, 9.17) is 21.3 Å². The van der Waals surface area contributed by atoms with Gasteiger partial charge in [0.2, 0.25) is 0 Å². The van der Waals surface area contributed by atoms with Gasteiger partial charge >= 0.3 is 0 Å². The molecule has 0 saturated carbocycles. The third-order valence-corrected chi connectivity index (χ3v) is 5.18. The monoisotopic (exact) mass is 456 g/mol. The zero-order valence-electron chi connectivity index (χ0n) is 15.2. The summed E-state index contributed by atoms with van der Waals surface area (Å²) in [6.45, 7) is 3.28. The molecule has 0 spiro atoms.